The van der Waals surface area contributed by atoms with Crippen molar-refractivity contribution in [3.63, 3.8) is 0 Å². The SMILES string of the molecule is CCC(=O)N1CCc2c(ncnc2N2CCN(C3CCC3)CC2)C1. The van der Waals surface area contributed by atoms with Crippen molar-refractivity contribution in [2.75, 3.05) is 37.6 Å². The van der Waals surface area contributed by atoms with Gasteiger partial charge in [0.2, 0.25) is 5.91 Å². The molecule has 0 radical (unpaired) electrons. The number of fused-ring (bicyclic) bond motifs is 1. The molecule has 0 bridgehead atoms. The summed E-state index contributed by atoms with van der Waals surface area (Å²) >= 11 is 0. The molecule has 3 heterocycles. The fraction of sp³-hybridized carbons (Fsp3) is 0.722. The molecule has 6 nitrogen and oxygen atoms in total. The highest BCUT2D eigenvalue weighted by molar-refractivity contribution is 5.76. The number of piperazine rings is 1. The van der Waals surface area contributed by atoms with E-state index in [9.17, 15) is 4.79 Å². The van der Waals surface area contributed by atoms with Crippen LogP contribution in [-0.2, 0) is 17.8 Å². The van der Waals surface area contributed by atoms with E-state index < -0.39 is 0 Å². The van der Waals surface area contributed by atoms with E-state index >= 15 is 0 Å². The van der Waals surface area contributed by atoms with Crippen molar-refractivity contribution in [3.8, 4) is 0 Å². The normalized spacial score (nSPS) is 22.2. The maximum atomic E-state index is 12.0. The minimum absolute atomic E-state index is 0.218. The molecule has 3 aliphatic rings. The summed E-state index contributed by atoms with van der Waals surface area (Å²) in [4.78, 5) is 28.0. The largest absolute Gasteiger partial charge is 0.354 e. The standard InChI is InChI=1S/C18H27N5O/c1-2-17(24)23-7-6-15-16(12-23)19-13-20-18(15)22-10-8-21(9-11-22)14-4-3-5-14/h13-14H,2-12H2,1H3. The number of anilines is 1. The number of hydrogen-bond acceptors (Lipinski definition) is 5. The van der Waals surface area contributed by atoms with Crippen molar-refractivity contribution in [2.45, 2.75) is 51.6 Å². The lowest BCUT2D eigenvalue weighted by Gasteiger charge is -2.43. The molecular formula is C18H27N5O. The van der Waals surface area contributed by atoms with Crippen LogP contribution in [-0.4, -0.2) is 64.4 Å². The molecule has 1 saturated carbocycles. The maximum absolute atomic E-state index is 12.0. The molecule has 4 rings (SSSR count). The van der Waals surface area contributed by atoms with Crippen LogP contribution in [0.25, 0.3) is 0 Å². The van der Waals surface area contributed by atoms with E-state index in [0.29, 0.717) is 13.0 Å². The van der Waals surface area contributed by atoms with Crippen LogP contribution in [0.2, 0.25) is 0 Å². The number of carbonyl (C=O) groups is 1. The van der Waals surface area contributed by atoms with E-state index in [1.54, 1.807) is 6.33 Å². The topological polar surface area (TPSA) is 52.6 Å². The Morgan fingerprint density at radius 2 is 1.96 bits per heavy atom. The summed E-state index contributed by atoms with van der Waals surface area (Å²) in [5.74, 6) is 1.33. The Balaban J connectivity index is 1.46. The molecule has 0 spiro atoms. The zero-order chi connectivity index (χ0) is 16.5. The van der Waals surface area contributed by atoms with Gasteiger partial charge in [0.05, 0.1) is 12.2 Å². The van der Waals surface area contributed by atoms with Crippen molar-refractivity contribution in [3.05, 3.63) is 17.6 Å². The molecule has 1 amide bonds. The van der Waals surface area contributed by atoms with Gasteiger partial charge in [-0.3, -0.25) is 9.69 Å². The average molecular weight is 329 g/mol. The summed E-state index contributed by atoms with van der Waals surface area (Å²) in [5, 5.41) is 0. The lowest BCUT2D eigenvalue weighted by atomic mass is 9.91. The van der Waals surface area contributed by atoms with Gasteiger partial charge in [-0.1, -0.05) is 13.3 Å². The molecule has 0 unspecified atom stereocenters. The summed E-state index contributed by atoms with van der Waals surface area (Å²) in [6, 6.07) is 0.833. The molecule has 6 heteroatoms. The highest BCUT2D eigenvalue weighted by Gasteiger charge is 2.30. The summed E-state index contributed by atoms with van der Waals surface area (Å²) in [6.07, 6.45) is 7.27. The Morgan fingerprint density at radius 3 is 2.62 bits per heavy atom. The van der Waals surface area contributed by atoms with Crippen molar-refractivity contribution in [2.24, 2.45) is 0 Å². The molecule has 130 valence electrons. The Bertz CT molecular complexity index is 607. The fourth-order valence-electron chi connectivity index (χ4n) is 4.10. The Morgan fingerprint density at radius 1 is 1.17 bits per heavy atom. The van der Waals surface area contributed by atoms with Gasteiger partial charge in [-0.15, -0.1) is 0 Å². The number of carbonyl (C=O) groups excluding carboxylic acids is 1. The van der Waals surface area contributed by atoms with Gasteiger partial charge in [-0.25, -0.2) is 9.97 Å². The van der Waals surface area contributed by atoms with E-state index in [1.807, 2.05) is 11.8 Å². The second-order valence-electron chi connectivity index (χ2n) is 7.15. The number of hydrogen-bond donors (Lipinski definition) is 0. The quantitative estimate of drug-likeness (QED) is 0.840. The van der Waals surface area contributed by atoms with Gasteiger partial charge >= 0.3 is 0 Å². The van der Waals surface area contributed by atoms with Gasteiger partial charge in [0, 0.05) is 50.7 Å². The van der Waals surface area contributed by atoms with Gasteiger partial charge in [-0.05, 0) is 19.3 Å². The highest BCUT2D eigenvalue weighted by atomic mass is 16.2. The lowest BCUT2D eigenvalue weighted by molar-refractivity contribution is -0.131. The second-order valence-corrected chi connectivity index (χ2v) is 7.15. The summed E-state index contributed by atoms with van der Waals surface area (Å²) in [7, 11) is 0. The molecule has 24 heavy (non-hydrogen) atoms. The minimum Gasteiger partial charge on any atom is -0.354 e. The van der Waals surface area contributed by atoms with Gasteiger partial charge in [0.15, 0.2) is 0 Å². The van der Waals surface area contributed by atoms with E-state index in [0.717, 1.165) is 56.7 Å². The van der Waals surface area contributed by atoms with Crippen LogP contribution in [0.15, 0.2) is 6.33 Å². The third-order valence-corrected chi connectivity index (χ3v) is 5.84. The van der Waals surface area contributed by atoms with Crippen molar-refractivity contribution in [1.29, 1.82) is 0 Å². The van der Waals surface area contributed by atoms with Crippen LogP contribution in [0.3, 0.4) is 0 Å². The first-order chi connectivity index (χ1) is 11.8. The summed E-state index contributed by atoms with van der Waals surface area (Å²) in [6.45, 7) is 7.75. The number of aromatic nitrogens is 2. The second kappa shape index (κ2) is 6.67. The first-order valence-electron chi connectivity index (χ1n) is 9.35. The molecule has 0 atom stereocenters. The molecule has 1 saturated heterocycles. The van der Waals surface area contributed by atoms with Crippen molar-refractivity contribution < 1.29 is 4.79 Å². The Kier molecular flexibility index (Phi) is 4.39. The van der Waals surface area contributed by atoms with Crippen molar-refractivity contribution >= 4 is 11.7 Å². The summed E-state index contributed by atoms with van der Waals surface area (Å²) < 4.78 is 0. The predicted octanol–water partition coefficient (Wildman–Crippen LogP) is 1.45. The van der Waals surface area contributed by atoms with Gasteiger partial charge in [-0.2, -0.15) is 0 Å². The van der Waals surface area contributed by atoms with Crippen molar-refractivity contribution in [1.82, 2.24) is 19.8 Å². The monoisotopic (exact) mass is 329 g/mol. The fourth-order valence-corrected chi connectivity index (χ4v) is 4.10. The average Bonchev–Trinajstić information content (AvgIpc) is 2.59. The predicted molar refractivity (Wildman–Crippen MR) is 92.9 cm³/mol. The minimum atomic E-state index is 0.218. The van der Waals surface area contributed by atoms with E-state index in [2.05, 4.69) is 19.8 Å². The van der Waals surface area contributed by atoms with Crippen LogP contribution in [0.1, 0.15) is 43.9 Å². The zero-order valence-corrected chi connectivity index (χ0v) is 14.6. The molecule has 1 aliphatic carbocycles. The number of rotatable bonds is 3. The van der Waals surface area contributed by atoms with Gasteiger partial charge in [0.1, 0.15) is 12.1 Å². The smallest absolute Gasteiger partial charge is 0.222 e. The third kappa shape index (κ3) is 2.88. The number of nitrogens with zero attached hydrogens (tertiary/aromatic N) is 5. The molecule has 1 aromatic rings. The first kappa shape index (κ1) is 15.8. The van der Waals surface area contributed by atoms with Gasteiger partial charge in [0.25, 0.3) is 0 Å². The lowest BCUT2D eigenvalue weighted by Crippen LogP contribution is -2.52. The Labute approximate surface area is 143 Å². The molecular weight excluding hydrogens is 302 g/mol. The van der Waals surface area contributed by atoms with Crippen LogP contribution < -0.4 is 4.90 Å². The van der Waals surface area contributed by atoms with Crippen LogP contribution in [0.4, 0.5) is 5.82 Å². The van der Waals surface area contributed by atoms with E-state index in [-0.39, 0.29) is 5.91 Å². The number of amides is 1. The van der Waals surface area contributed by atoms with E-state index in [4.69, 9.17) is 0 Å². The van der Waals surface area contributed by atoms with E-state index in [1.165, 1.54) is 24.8 Å². The molecule has 1 aromatic heterocycles. The van der Waals surface area contributed by atoms with Gasteiger partial charge < -0.3 is 9.80 Å². The molecule has 0 aromatic carbocycles. The zero-order valence-electron chi connectivity index (χ0n) is 14.6. The Hall–Kier alpha value is -1.69. The molecule has 2 fully saturated rings. The first-order valence-corrected chi connectivity index (χ1v) is 9.35. The van der Waals surface area contributed by atoms with Crippen LogP contribution in [0, 0.1) is 0 Å². The van der Waals surface area contributed by atoms with Crippen LogP contribution >= 0.6 is 0 Å². The maximum Gasteiger partial charge on any atom is 0.222 e. The third-order valence-electron chi connectivity index (χ3n) is 5.84. The molecule has 0 N–H and O–H groups in total. The molecule has 2 aliphatic heterocycles. The highest BCUT2D eigenvalue weighted by Crippen LogP contribution is 2.29. The summed E-state index contributed by atoms with van der Waals surface area (Å²) in [5.41, 5.74) is 2.30. The van der Waals surface area contributed by atoms with Crippen LogP contribution in [0.5, 0.6) is 0 Å².